The number of rotatable bonds is 7. The Kier molecular flexibility index (Phi) is 8.29. The molecule has 0 saturated carbocycles. The summed E-state index contributed by atoms with van der Waals surface area (Å²) in [5.74, 6) is -3.65. The lowest BCUT2D eigenvalue weighted by atomic mass is 9.97. The Bertz CT molecular complexity index is 1160. The van der Waals surface area contributed by atoms with Crippen LogP contribution in [0, 0.1) is 11.7 Å². The van der Waals surface area contributed by atoms with E-state index in [1.54, 1.807) is 25.1 Å². The Labute approximate surface area is 206 Å². The normalized spacial score (nSPS) is 16.8. The van der Waals surface area contributed by atoms with Gasteiger partial charge < -0.3 is 20.5 Å². The zero-order valence-corrected chi connectivity index (χ0v) is 19.9. The van der Waals surface area contributed by atoms with E-state index in [0.717, 1.165) is 17.0 Å². The third kappa shape index (κ3) is 6.07. The average molecular weight is 506 g/mol. The Hall–Kier alpha value is -3.66. The third-order valence-corrected chi connectivity index (χ3v) is 5.98. The van der Waals surface area contributed by atoms with Gasteiger partial charge in [0.25, 0.3) is 0 Å². The highest BCUT2D eigenvalue weighted by Gasteiger charge is 2.35. The second kappa shape index (κ2) is 11.2. The lowest BCUT2D eigenvalue weighted by Crippen LogP contribution is -2.48. The van der Waals surface area contributed by atoms with Crippen LogP contribution in [-0.2, 0) is 16.0 Å². The van der Waals surface area contributed by atoms with Crippen molar-refractivity contribution < 1.29 is 33.4 Å². The van der Waals surface area contributed by atoms with Crippen LogP contribution in [0.4, 0.5) is 9.18 Å². The van der Waals surface area contributed by atoms with Crippen molar-refractivity contribution in [3.8, 4) is 5.75 Å². The molecule has 11 heteroatoms. The third-order valence-electron chi connectivity index (χ3n) is 5.75. The Morgan fingerprint density at radius 1 is 1.29 bits per heavy atom. The molecule has 9 nitrogen and oxygen atoms in total. The molecule has 0 radical (unpaired) electrons. The van der Waals surface area contributed by atoms with E-state index in [2.05, 4.69) is 10.6 Å². The number of nitrogens with one attached hydrogen (secondary N) is 2. The average Bonchev–Trinajstić information content (AvgIpc) is 2.96. The lowest BCUT2D eigenvalue weighted by Gasteiger charge is -2.25. The SMILES string of the molecule is CC[C@@H](NC(=O)N1CC(=O)NCC(Cc2cc(Cl)ccc2OC)C1=O)c1ccc(F)c(C(=O)O)c1. The number of nitrogens with zero attached hydrogens (tertiary/aromatic N) is 1. The number of benzene rings is 2. The number of halogens is 2. The van der Waals surface area contributed by atoms with E-state index in [-0.39, 0.29) is 13.0 Å². The first kappa shape index (κ1) is 26.0. The largest absolute Gasteiger partial charge is 0.496 e. The van der Waals surface area contributed by atoms with Gasteiger partial charge in [0.2, 0.25) is 11.8 Å². The van der Waals surface area contributed by atoms with Gasteiger partial charge in [-0.05, 0) is 54.3 Å². The second-order valence-electron chi connectivity index (χ2n) is 8.04. The van der Waals surface area contributed by atoms with Crippen molar-refractivity contribution in [1.29, 1.82) is 0 Å². The van der Waals surface area contributed by atoms with Crippen LogP contribution in [0.15, 0.2) is 36.4 Å². The van der Waals surface area contributed by atoms with Crippen molar-refractivity contribution in [2.45, 2.75) is 25.8 Å². The predicted octanol–water partition coefficient (Wildman–Crippen LogP) is 3.16. The van der Waals surface area contributed by atoms with Gasteiger partial charge in [-0.1, -0.05) is 24.6 Å². The Morgan fingerprint density at radius 2 is 2.03 bits per heavy atom. The first-order valence-corrected chi connectivity index (χ1v) is 11.3. The molecule has 4 amide bonds. The van der Waals surface area contributed by atoms with E-state index in [1.807, 2.05) is 0 Å². The summed E-state index contributed by atoms with van der Waals surface area (Å²) in [4.78, 5) is 50.7. The summed E-state index contributed by atoms with van der Waals surface area (Å²) in [5, 5.41) is 14.9. The number of hydrogen-bond donors (Lipinski definition) is 3. The number of ether oxygens (including phenoxy) is 1. The predicted molar refractivity (Wildman–Crippen MR) is 125 cm³/mol. The van der Waals surface area contributed by atoms with Crippen LogP contribution >= 0.6 is 11.6 Å². The molecule has 1 fully saturated rings. The summed E-state index contributed by atoms with van der Waals surface area (Å²) in [7, 11) is 1.49. The highest BCUT2D eigenvalue weighted by atomic mass is 35.5. The molecule has 2 atom stereocenters. The number of imide groups is 1. The standard InChI is InChI=1S/C24H25ClFN3O6/c1-3-19(13-4-6-18(26)17(10-13)23(32)33)28-24(34)29-12-21(30)27-11-15(22(29)31)8-14-9-16(25)5-7-20(14)35-2/h4-7,9-10,15,19H,3,8,11-12H2,1-2H3,(H,27,30)(H,28,34)(H,32,33)/t15?,19-/m1/s1. The van der Waals surface area contributed by atoms with E-state index in [9.17, 15) is 28.7 Å². The van der Waals surface area contributed by atoms with Crippen molar-refractivity contribution in [3.63, 3.8) is 0 Å². The quantitative estimate of drug-likeness (QED) is 0.531. The Morgan fingerprint density at radius 3 is 2.69 bits per heavy atom. The number of amides is 4. The van der Waals surface area contributed by atoms with Crippen LogP contribution in [0.25, 0.3) is 0 Å². The molecule has 1 heterocycles. The first-order valence-electron chi connectivity index (χ1n) is 10.9. The minimum atomic E-state index is -1.44. The topological polar surface area (TPSA) is 125 Å². The first-order chi connectivity index (χ1) is 16.6. The molecular weight excluding hydrogens is 481 g/mol. The van der Waals surface area contributed by atoms with Gasteiger partial charge in [-0.15, -0.1) is 0 Å². The van der Waals surface area contributed by atoms with Gasteiger partial charge in [-0.3, -0.25) is 14.5 Å². The number of carbonyl (C=O) groups excluding carboxylic acids is 3. The molecule has 1 saturated heterocycles. The highest BCUT2D eigenvalue weighted by molar-refractivity contribution is 6.30. The number of carboxylic acid groups (broad SMARTS) is 1. The van der Waals surface area contributed by atoms with Crippen LogP contribution in [0.1, 0.15) is 40.9 Å². The summed E-state index contributed by atoms with van der Waals surface area (Å²) in [6.07, 6.45) is 0.498. The van der Waals surface area contributed by atoms with E-state index in [0.29, 0.717) is 28.3 Å². The molecule has 1 aliphatic rings. The maximum atomic E-state index is 13.8. The molecule has 3 N–H and O–H groups in total. The van der Waals surface area contributed by atoms with Gasteiger partial charge in [0.1, 0.15) is 18.1 Å². The van der Waals surface area contributed by atoms with Crippen LogP contribution in [0.5, 0.6) is 5.75 Å². The number of carbonyl (C=O) groups is 4. The van der Waals surface area contributed by atoms with Crippen LogP contribution in [-0.4, -0.2) is 54.0 Å². The number of aromatic carboxylic acids is 1. The number of hydrogen-bond acceptors (Lipinski definition) is 5. The van der Waals surface area contributed by atoms with E-state index in [4.69, 9.17) is 16.3 Å². The van der Waals surface area contributed by atoms with Crippen molar-refractivity contribution in [2.24, 2.45) is 5.92 Å². The molecule has 0 aromatic heterocycles. The second-order valence-corrected chi connectivity index (χ2v) is 8.48. The molecule has 2 aromatic carbocycles. The highest BCUT2D eigenvalue weighted by Crippen LogP contribution is 2.27. The van der Waals surface area contributed by atoms with Gasteiger partial charge in [0, 0.05) is 11.6 Å². The minimum absolute atomic E-state index is 0.0221. The molecular formula is C24H25ClFN3O6. The van der Waals surface area contributed by atoms with Crippen molar-refractivity contribution in [2.75, 3.05) is 20.2 Å². The maximum absolute atomic E-state index is 13.8. The fourth-order valence-corrected chi connectivity index (χ4v) is 4.09. The number of methoxy groups -OCH3 is 1. The monoisotopic (exact) mass is 505 g/mol. The minimum Gasteiger partial charge on any atom is -0.496 e. The van der Waals surface area contributed by atoms with Gasteiger partial charge in [-0.2, -0.15) is 0 Å². The molecule has 2 aromatic rings. The molecule has 0 aliphatic carbocycles. The van der Waals surface area contributed by atoms with Crippen molar-refractivity contribution >= 4 is 35.4 Å². The lowest BCUT2D eigenvalue weighted by molar-refractivity contribution is -0.133. The Balaban J connectivity index is 1.83. The van der Waals surface area contributed by atoms with E-state index < -0.39 is 53.7 Å². The molecule has 3 rings (SSSR count). The fourth-order valence-electron chi connectivity index (χ4n) is 3.90. The molecule has 0 bridgehead atoms. The molecule has 35 heavy (non-hydrogen) atoms. The fraction of sp³-hybridized carbons (Fsp3) is 0.333. The molecule has 1 unspecified atom stereocenters. The molecule has 186 valence electrons. The van der Waals surface area contributed by atoms with Crippen LogP contribution < -0.4 is 15.4 Å². The zero-order valence-electron chi connectivity index (χ0n) is 19.1. The number of carboxylic acids is 1. The smallest absolute Gasteiger partial charge is 0.338 e. The number of urea groups is 1. The maximum Gasteiger partial charge on any atom is 0.338 e. The van der Waals surface area contributed by atoms with Crippen molar-refractivity contribution in [1.82, 2.24) is 15.5 Å². The van der Waals surface area contributed by atoms with Crippen LogP contribution in [0.3, 0.4) is 0 Å². The molecule has 1 aliphatic heterocycles. The van der Waals surface area contributed by atoms with Crippen LogP contribution in [0.2, 0.25) is 5.02 Å². The summed E-state index contributed by atoms with van der Waals surface area (Å²) in [6.45, 7) is 1.28. The van der Waals surface area contributed by atoms with E-state index >= 15 is 0 Å². The van der Waals surface area contributed by atoms with Gasteiger partial charge in [-0.25, -0.2) is 14.0 Å². The zero-order chi connectivity index (χ0) is 25.7. The molecule has 0 spiro atoms. The van der Waals surface area contributed by atoms with Gasteiger partial charge in [0.05, 0.1) is 24.6 Å². The summed E-state index contributed by atoms with van der Waals surface area (Å²) < 4.78 is 19.1. The summed E-state index contributed by atoms with van der Waals surface area (Å²) in [6, 6.07) is 6.95. The summed E-state index contributed by atoms with van der Waals surface area (Å²) in [5.41, 5.74) is 0.469. The van der Waals surface area contributed by atoms with Gasteiger partial charge in [0.15, 0.2) is 0 Å². The van der Waals surface area contributed by atoms with E-state index in [1.165, 1.54) is 13.2 Å². The van der Waals surface area contributed by atoms with Gasteiger partial charge >= 0.3 is 12.0 Å². The van der Waals surface area contributed by atoms with Crippen molar-refractivity contribution in [3.05, 3.63) is 63.9 Å². The summed E-state index contributed by atoms with van der Waals surface area (Å²) >= 11 is 6.09.